The summed E-state index contributed by atoms with van der Waals surface area (Å²) >= 11 is 1.69. The van der Waals surface area contributed by atoms with Crippen molar-refractivity contribution in [2.45, 2.75) is 32.2 Å². The molecule has 4 heterocycles. The maximum Gasteiger partial charge on any atom is 0.227 e. The van der Waals surface area contributed by atoms with Crippen LogP contribution in [0.15, 0.2) is 42.2 Å². The number of hydrogen-bond acceptors (Lipinski definition) is 6. The number of rotatable bonds is 4. The molecule has 5 rings (SSSR count). The lowest BCUT2D eigenvalue weighted by molar-refractivity contribution is -0.131. The molecule has 1 amide bonds. The predicted molar refractivity (Wildman–Crippen MR) is 111 cm³/mol. The van der Waals surface area contributed by atoms with Crippen LogP contribution in [-0.2, 0) is 11.2 Å². The molecule has 8 heteroatoms. The van der Waals surface area contributed by atoms with Gasteiger partial charge in [-0.1, -0.05) is 17.7 Å². The minimum Gasteiger partial charge on any atom is -0.332 e. The lowest BCUT2D eigenvalue weighted by atomic mass is 10.1. The Labute approximate surface area is 171 Å². The summed E-state index contributed by atoms with van der Waals surface area (Å²) in [5.74, 6) is 1.35. The smallest absolute Gasteiger partial charge is 0.227 e. The number of carbonyl (C=O) groups is 1. The average Bonchev–Trinajstić information content (AvgIpc) is 3.48. The Morgan fingerprint density at radius 3 is 3.14 bits per heavy atom. The Hall–Kier alpha value is -3.13. The highest BCUT2D eigenvalue weighted by molar-refractivity contribution is 7.17. The molecular weight excluding hydrogens is 384 g/mol. The molecule has 4 aromatic rings. The molecule has 0 saturated carbocycles. The molecule has 1 aromatic carbocycles. The predicted octanol–water partition coefficient (Wildman–Crippen LogP) is 3.69. The largest absolute Gasteiger partial charge is 0.332 e. The topological polar surface area (TPSA) is 87.7 Å². The standard InChI is InChI=1S/C21H20N6OS/c1-13-4-5-18-15(9-13)14(12-29-18)10-19(28)27-8-2-3-17(27)21-24-20(25-26-21)16-11-22-6-7-23-16/h4-7,9,11-12,17H,2-3,8,10H2,1H3,(H,24,25,26). The van der Waals surface area contributed by atoms with Crippen molar-refractivity contribution in [2.75, 3.05) is 6.54 Å². The number of aromatic amines is 1. The molecule has 0 spiro atoms. The Morgan fingerprint density at radius 2 is 2.28 bits per heavy atom. The van der Waals surface area contributed by atoms with Crippen molar-refractivity contribution in [2.24, 2.45) is 0 Å². The van der Waals surface area contributed by atoms with Crippen molar-refractivity contribution in [1.29, 1.82) is 0 Å². The third kappa shape index (κ3) is 3.40. The number of aryl methyl sites for hydroxylation is 1. The fourth-order valence-corrected chi connectivity index (χ4v) is 4.84. The number of benzene rings is 1. The van der Waals surface area contributed by atoms with Gasteiger partial charge in [0, 0.05) is 23.6 Å². The van der Waals surface area contributed by atoms with Gasteiger partial charge in [-0.3, -0.25) is 14.9 Å². The average molecular weight is 404 g/mol. The van der Waals surface area contributed by atoms with Gasteiger partial charge in [0.1, 0.15) is 11.5 Å². The summed E-state index contributed by atoms with van der Waals surface area (Å²) in [6, 6.07) is 6.33. The van der Waals surface area contributed by atoms with Gasteiger partial charge in [0.25, 0.3) is 0 Å². The van der Waals surface area contributed by atoms with Gasteiger partial charge < -0.3 is 4.90 Å². The summed E-state index contributed by atoms with van der Waals surface area (Å²) in [7, 11) is 0. The summed E-state index contributed by atoms with van der Waals surface area (Å²) in [4.78, 5) is 28.0. The maximum atomic E-state index is 13.1. The van der Waals surface area contributed by atoms with E-state index in [4.69, 9.17) is 0 Å². The highest BCUT2D eigenvalue weighted by Gasteiger charge is 2.32. The number of H-pyrrole nitrogens is 1. The van der Waals surface area contributed by atoms with Gasteiger partial charge in [-0.15, -0.1) is 11.3 Å². The molecule has 1 atom stereocenters. The number of fused-ring (bicyclic) bond motifs is 1. The number of carbonyl (C=O) groups excluding carboxylic acids is 1. The van der Waals surface area contributed by atoms with Gasteiger partial charge in [0.15, 0.2) is 0 Å². The Balaban J connectivity index is 1.37. The number of hydrogen-bond donors (Lipinski definition) is 1. The second-order valence-electron chi connectivity index (χ2n) is 7.32. The van der Waals surface area contributed by atoms with E-state index < -0.39 is 0 Å². The number of nitrogens with one attached hydrogen (secondary N) is 1. The summed E-state index contributed by atoms with van der Waals surface area (Å²) in [6.45, 7) is 2.82. The van der Waals surface area contributed by atoms with Crippen molar-refractivity contribution in [3.05, 3.63) is 59.1 Å². The number of aromatic nitrogens is 5. The molecule has 29 heavy (non-hydrogen) atoms. The van der Waals surface area contributed by atoms with E-state index in [2.05, 4.69) is 55.7 Å². The van der Waals surface area contributed by atoms with Crippen LogP contribution in [0.3, 0.4) is 0 Å². The third-order valence-corrected chi connectivity index (χ3v) is 6.35. The van der Waals surface area contributed by atoms with Crippen LogP contribution in [0.2, 0.25) is 0 Å². The molecule has 1 fully saturated rings. The van der Waals surface area contributed by atoms with E-state index in [1.807, 2.05) is 4.90 Å². The Kier molecular flexibility index (Phi) is 4.55. The van der Waals surface area contributed by atoms with Crippen LogP contribution < -0.4 is 0 Å². The Bertz CT molecular complexity index is 1170. The molecule has 1 aliphatic rings. The Morgan fingerprint density at radius 1 is 1.34 bits per heavy atom. The minimum atomic E-state index is -0.0768. The monoisotopic (exact) mass is 404 g/mol. The molecular formula is C21H20N6OS. The SMILES string of the molecule is Cc1ccc2scc(CC(=O)N3CCCC3c3nc(-c4cnccn4)n[nH]3)c2c1. The van der Waals surface area contributed by atoms with Crippen molar-refractivity contribution < 1.29 is 4.79 Å². The zero-order valence-corrected chi connectivity index (χ0v) is 16.8. The molecule has 3 aromatic heterocycles. The zero-order valence-electron chi connectivity index (χ0n) is 16.0. The molecule has 0 radical (unpaired) electrons. The van der Waals surface area contributed by atoms with E-state index in [-0.39, 0.29) is 11.9 Å². The molecule has 0 aliphatic carbocycles. The van der Waals surface area contributed by atoms with Crippen molar-refractivity contribution in [1.82, 2.24) is 30.0 Å². The fourth-order valence-electron chi connectivity index (χ4n) is 3.90. The second-order valence-corrected chi connectivity index (χ2v) is 8.23. The van der Waals surface area contributed by atoms with Gasteiger partial charge in [0.05, 0.1) is 18.7 Å². The van der Waals surface area contributed by atoms with Crippen LogP contribution in [-0.4, -0.2) is 42.5 Å². The van der Waals surface area contributed by atoms with Crippen LogP contribution in [0.1, 0.15) is 35.8 Å². The van der Waals surface area contributed by atoms with E-state index in [0.717, 1.165) is 24.9 Å². The van der Waals surface area contributed by atoms with Gasteiger partial charge >= 0.3 is 0 Å². The second kappa shape index (κ2) is 7.36. The molecule has 1 aliphatic heterocycles. The van der Waals surface area contributed by atoms with E-state index in [9.17, 15) is 4.79 Å². The summed E-state index contributed by atoms with van der Waals surface area (Å²) in [5.41, 5.74) is 2.93. The lowest BCUT2D eigenvalue weighted by Crippen LogP contribution is -2.32. The van der Waals surface area contributed by atoms with Crippen molar-refractivity contribution in [3.8, 4) is 11.5 Å². The first-order valence-electron chi connectivity index (χ1n) is 9.64. The molecule has 1 N–H and O–H groups in total. The van der Waals surface area contributed by atoms with Gasteiger partial charge in [-0.2, -0.15) is 5.10 Å². The third-order valence-electron chi connectivity index (χ3n) is 5.33. The van der Waals surface area contributed by atoms with Crippen LogP contribution in [0.25, 0.3) is 21.6 Å². The quantitative estimate of drug-likeness (QED) is 0.560. The first kappa shape index (κ1) is 17.9. The van der Waals surface area contributed by atoms with Gasteiger partial charge in [0.2, 0.25) is 11.7 Å². The van der Waals surface area contributed by atoms with E-state index in [1.165, 1.54) is 15.6 Å². The van der Waals surface area contributed by atoms with E-state index >= 15 is 0 Å². The normalized spacial score (nSPS) is 16.6. The first-order valence-corrected chi connectivity index (χ1v) is 10.5. The number of likely N-dealkylation sites (tertiary alicyclic amines) is 1. The molecule has 7 nitrogen and oxygen atoms in total. The van der Waals surface area contributed by atoms with Gasteiger partial charge in [-0.25, -0.2) is 9.97 Å². The van der Waals surface area contributed by atoms with E-state index in [0.29, 0.717) is 23.8 Å². The van der Waals surface area contributed by atoms with Crippen LogP contribution >= 0.6 is 11.3 Å². The lowest BCUT2D eigenvalue weighted by Gasteiger charge is -2.22. The van der Waals surface area contributed by atoms with Crippen LogP contribution in [0.4, 0.5) is 0 Å². The number of nitrogens with zero attached hydrogens (tertiary/aromatic N) is 5. The van der Waals surface area contributed by atoms with Crippen molar-refractivity contribution in [3.63, 3.8) is 0 Å². The van der Waals surface area contributed by atoms with Crippen LogP contribution in [0.5, 0.6) is 0 Å². The summed E-state index contributed by atoms with van der Waals surface area (Å²) in [6.07, 6.45) is 7.11. The minimum absolute atomic E-state index is 0.0768. The maximum absolute atomic E-state index is 13.1. The summed E-state index contributed by atoms with van der Waals surface area (Å²) < 4.78 is 1.22. The molecule has 0 bridgehead atoms. The molecule has 1 unspecified atom stereocenters. The van der Waals surface area contributed by atoms with Crippen LogP contribution in [0, 0.1) is 6.92 Å². The van der Waals surface area contributed by atoms with Crippen molar-refractivity contribution >= 4 is 27.3 Å². The zero-order chi connectivity index (χ0) is 19.8. The van der Waals surface area contributed by atoms with Gasteiger partial charge in [-0.05, 0) is 42.2 Å². The number of thiophene rings is 1. The molecule has 1 saturated heterocycles. The first-order chi connectivity index (χ1) is 14.2. The summed E-state index contributed by atoms with van der Waals surface area (Å²) in [5, 5.41) is 10.6. The highest BCUT2D eigenvalue weighted by atomic mass is 32.1. The fraction of sp³-hybridized carbons (Fsp3) is 0.286. The highest BCUT2D eigenvalue weighted by Crippen LogP contribution is 2.33. The molecule has 146 valence electrons. The number of amides is 1. The van der Waals surface area contributed by atoms with E-state index in [1.54, 1.807) is 29.9 Å².